The standard InChI is InChI=1S/C24H26ClNO4S2/c1-4-16-7-9-18(10-8-16)29-11-6-12-30-22-19(25)13-17(14-20(22)28-3)15-21-23(27)26(5-2)24(31)32-21/h7-10,13-15H,4-6,11-12H2,1-3H3/b21-15+. The number of carbonyl (C=O) groups excluding carboxylic acids is 1. The number of hydrogen-bond donors (Lipinski definition) is 0. The average Bonchev–Trinajstić information content (AvgIpc) is 3.06. The van der Waals surface area contributed by atoms with Gasteiger partial charge in [0.2, 0.25) is 0 Å². The fourth-order valence-corrected chi connectivity index (χ4v) is 4.79. The zero-order chi connectivity index (χ0) is 23.1. The first-order valence-corrected chi connectivity index (χ1v) is 12.0. The van der Waals surface area contributed by atoms with Crippen LogP contribution in [0.3, 0.4) is 0 Å². The molecule has 1 saturated heterocycles. The Labute approximate surface area is 203 Å². The lowest BCUT2D eigenvalue weighted by molar-refractivity contribution is -0.121. The van der Waals surface area contributed by atoms with Crippen molar-refractivity contribution in [2.45, 2.75) is 26.7 Å². The van der Waals surface area contributed by atoms with Crippen molar-refractivity contribution in [2.24, 2.45) is 0 Å². The van der Waals surface area contributed by atoms with Gasteiger partial charge in [-0.25, -0.2) is 0 Å². The van der Waals surface area contributed by atoms with Crippen LogP contribution in [0.5, 0.6) is 17.2 Å². The van der Waals surface area contributed by atoms with E-state index in [1.54, 1.807) is 30.2 Å². The summed E-state index contributed by atoms with van der Waals surface area (Å²) in [7, 11) is 1.56. The Hall–Kier alpha value is -2.22. The molecular formula is C24H26ClNO4S2. The minimum Gasteiger partial charge on any atom is -0.493 e. The summed E-state index contributed by atoms with van der Waals surface area (Å²) in [5, 5.41) is 0.414. The van der Waals surface area contributed by atoms with E-state index in [0.717, 1.165) is 17.7 Å². The number of halogens is 1. The van der Waals surface area contributed by atoms with E-state index in [1.807, 2.05) is 19.1 Å². The molecule has 3 rings (SSSR count). The zero-order valence-electron chi connectivity index (χ0n) is 18.4. The van der Waals surface area contributed by atoms with Crippen molar-refractivity contribution in [1.29, 1.82) is 0 Å². The van der Waals surface area contributed by atoms with Gasteiger partial charge in [0.05, 0.1) is 30.3 Å². The molecule has 1 aliphatic rings. The molecule has 170 valence electrons. The summed E-state index contributed by atoms with van der Waals surface area (Å²) in [6.45, 7) is 5.53. The van der Waals surface area contributed by atoms with Crippen LogP contribution in [0.2, 0.25) is 5.02 Å². The Balaban J connectivity index is 1.59. The average molecular weight is 492 g/mol. The number of carbonyl (C=O) groups is 1. The summed E-state index contributed by atoms with van der Waals surface area (Å²) in [6.07, 6.45) is 3.47. The van der Waals surface area contributed by atoms with Gasteiger partial charge in [-0.15, -0.1) is 0 Å². The lowest BCUT2D eigenvalue weighted by atomic mass is 10.1. The first-order valence-electron chi connectivity index (χ1n) is 10.4. The number of likely N-dealkylation sites (N-methyl/N-ethyl adjacent to an activating group) is 1. The third kappa shape index (κ3) is 5.97. The minimum atomic E-state index is -0.0951. The Bertz CT molecular complexity index is 1010. The number of ether oxygens (including phenoxy) is 3. The van der Waals surface area contributed by atoms with E-state index in [4.69, 9.17) is 38.0 Å². The SMILES string of the molecule is CCc1ccc(OCCCOc2c(Cl)cc(/C=C3/SC(=S)N(CC)C3=O)cc2OC)cc1. The Kier molecular flexibility index (Phi) is 8.84. The molecule has 32 heavy (non-hydrogen) atoms. The zero-order valence-corrected chi connectivity index (χ0v) is 20.7. The number of thioether (sulfide) groups is 1. The van der Waals surface area contributed by atoms with Crippen LogP contribution in [0.1, 0.15) is 31.4 Å². The number of hydrogen-bond acceptors (Lipinski definition) is 6. The first-order chi connectivity index (χ1) is 15.5. The first kappa shape index (κ1) is 24.4. The molecule has 0 aromatic heterocycles. The lowest BCUT2D eigenvalue weighted by Gasteiger charge is -2.14. The molecule has 2 aromatic carbocycles. The van der Waals surface area contributed by atoms with Crippen LogP contribution >= 0.6 is 35.6 Å². The van der Waals surface area contributed by atoms with Gasteiger partial charge in [-0.05, 0) is 54.8 Å². The highest BCUT2D eigenvalue weighted by Gasteiger charge is 2.30. The molecule has 0 bridgehead atoms. The number of methoxy groups -OCH3 is 1. The summed E-state index contributed by atoms with van der Waals surface area (Å²) in [4.78, 5) is 14.6. The molecule has 1 aliphatic heterocycles. The van der Waals surface area contributed by atoms with E-state index in [-0.39, 0.29) is 5.91 Å². The number of amides is 1. The summed E-state index contributed by atoms with van der Waals surface area (Å²) < 4.78 is 17.7. The molecule has 0 aliphatic carbocycles. The molecule has 0 saturated carbocycles. The second-order valence-electron chi connectivity index (χ2n) is 7.01. The molecule has 0 unspecified atom stereocenters. The minimum absolute atomic E-state index is 0.0951. The fraction of sp³-hybridized carbons (Fsp3) is 0.333. The van der Waals surface area contributed by atoms with Gasteiger partial charge in [0.25, 0.3) is 5.91 Å². The highest BCUT2D eigenvalue weighted by atomic mass is 35.5. The van der Waals surface area contributed by atoms with Gasteiger partial charge >= 0.3 is 0 Å². The topological polar surface area (TPSA) is 48.0 Å². The quantitative estimate of drug-likeness (QED) is 0.231. The molecule has 1 heterocycles. The van der Waals surface area contributed by atoms with Gasteiger partial charge in [-0.3, -0.25) is 9.69 Å². The predicted octanol–water partition coefficient (Wildman–Crippen LogP) is 5.98. The molecule has 0 spiro atoms. The van der Waals surface area contributed by atoms with E-state index in [0.29, 0.717) is 51.9 Å². The fourth-order valence-electron chi connectivity index (χ4n) is 3.13. The maximum absolute atomic E-state index is 12.4. The van der Waals surface area contributed by atoms with Gasteiger partial charge in [0.15, 0.2) is 11.5 Å². The number of nitrogens with zero attached hydrogens (tertiary/aromatic N) is 1. The molecule has 0 atom stereocenters. The van der Waals surface area contributed by atoms with Gasteiger partial charge in [-0.2, -0.15) is 0 Å². The van der Waals surface area contributed by atoms with Crippen LogP contribution in [-0.2, 0) is 11.2 Å². The van der Waals surface area contributed by atoms with Gasteiger partial charge < -0.3 is 14.2 Å². The highest BCUT2D eigenvalue weighted by Crippen LogP contribution is 2.39. The van der Waals surface area contributed by atoms with E-state index >= 15 is 0 Å². The van der Waals surface area contributed by atoms with E-state index in [9.17, 15) is 4.79 Å². The van der Waals surface area contributed by atoms with E-state index < -0.39 is 0 Å². The molecule has 1 fully saturated rings. The largest absolute Gasteiger partial charge is 0.493 e. The number of aryl methyl sites for hydroxylation is 1. The van der Waals surface area contributed by atoms with Crippen molar-refractivity contribution in [3.05, 3.63) is 57.5 Å². The Morgan fingerprint density at radius 3 is 2.47 bits per heavy atom. The van der Waals surface area contributed by atoms with Crippen molar-refractivity contribution < 1.29 is 19.0 Å². The second-order valence-corrected chi connectivity index (χ2v) is 9.09. The van der Waals surface area contributed by atoms with Crippen molar-refractivity contribution in [3.63, 3.8) is 0 Å². The van der Waals surface area contributed by atoms with Gasteiger partial charge in [0, 0.05) is 13.0 Å². The molecule has 5 nitrogen and oxygen atoms in total. The van der Waals surface area contributed by atoms with Crippen molar-refractivity contribution in [3.8, 4) is 17.2 Å². The summed E-state index contributed by atoms with van der Waals surface area (Å²) >= 11 is 13.0. The molecular weight excluding hydrogens is 466 g/mol. The number of thiocarbonyl (C=S) groups is 1. The van der Waals surface area contributed by atoms with Crippen LogP contribution < -0.4 is 14.2 Å². The van der Waals surface area contributed by atoms with Crippen molar-refractivity contribution in [1.82, 2.24) is 4.90 Å². The number of benzene rings is 2. The molecule has 0 N–H and O–H groups in total. The maximum atomic E-state index is 12.4. The third-order valence-corrected chi connectivity index (χ3v) is 6.53. The summed E-state index contributed by atoms with van der Waals surface area (Å²) in [5.74, 6) is 1.73. The van der Waals surface area contributed by atoms with Crippen LogP contribution in [0, 0.1) is 0 Å². The Morgan fingerprint density at radius 2 is 1.84 bits per heavy atom. The van der Waals surface area contributed by atoms with Crippen LogP contribution in [0.25, 0.3) is 6.08 Å². The normalized spacial score (nSPS) is 14.9. The lowest BCUT2D eigenvalue weighted by Crippen LogP contribution is -2.27. The van der Waals surface area contributed by atoms with Crippen molar-refractivity contribution >= 4 is 51.9 Å². The van der Waals surface area contributed by atoms with E-state index in [2.05, 4.69) is 19.1 Å². The monoisotopic (exact) mass is 491 g/mol. The molecule has 0 radical (unpaired) electrons. The third-order valence-electron chi connectivity index (χ3n) is 4.87. The van der Waals surface area contributed by atoms with Gasteiger partial charge in [0.1, 0.15) is 10.1 Å². The second kappa shape index (κ2) is 11.6. The smallest absolute Gasteiger partial charge is 0.266 e. The molecule has 1 amide bonds. The summed E-state index contributed by atoms with van der Waals surface area (Å²) in [6, 6.07) is 11.6. The van der Waals surface area contributed by atoms with Crippen molar-refractivity contribution in [2.75, 3.05) is 26.9 Å². The number of rotatable bonds is 10. The molecule has 8 heteroatoms. The predicted molar refractivity (Wildman–Crippen MR) is 135 cm³/mol. The van der Waals surface area contributed by atoms with E-state index in [1.165, 1.54) is 17.3 Å². The highest BCUT2D eigenvalue weighted by molar-refractivity contribution is 8.26. The van der Waals surface area contributed by atoms with Crippen LogP contribution in [0.15, 0.2) is 41.3 Å². The Morgan fingerprint density at radius 1 is 1.12 bits per heavy atom. The van der Waals surface area contributed by atoms with Gasteiger partial charge in [-0.1, -0.05) is 54.6 Å². The summed E-state index contributed by atoms with van der Waals surface area (Å²) in [5.41, 5.74) is 2.03. The van der Waals surface area contributed by atoms with Crippen LogP contribution in [-0.4, -0.2) is 42.0 Å². The maximum Gasteiger partial charge on any atom is 0.266 e. The molecule has 2 aromatic rings. The van der Waals surface area contributed by atoms with Crippen LogP contribution in [0.4, 0.5) is 0 Å².